The summed E-state index contributed by atoms with van der Waals surface area (Å²) in [4.78, 5) is 6.48. The van der Waals surface area contributed by atoms with Crippen LogP contribution < -0.4 is 15.0 Å². The molecule has 0 atom stereocenters. The van der Waals surface area contributed by atoms with E-state index in [9.17, 15) is 4.39 Å². The van der Waals surface area contributed by atoms with E-state index in [0.29, 0.717) is 11.3 Å². The Hall–Kier alpha value is -2.14. The molecule has 1 aromatic carbocycles. The maximum Gasteiger partial charge on any atom is 0.140 e. The van der Waals surface area contributed by atoms with Gasteiger partial charge in [0.1, 0.15) is 18.2 Å². The summed E-state index contributed by atoms with van der Waals surface area (Å²) in [5.74, 6) is 0.415. The SMILES string of the molecule is Fc1ccccc1COc1cncc(N2CCNCC2)c1. The zero-order valence-corrected chi connectivity index (χ0v) is 11.8. The summed E-state index contributed by atoms with van der Waals surface area (Å²) in [5.41, 5.74) is 1.59. The van der Waals surface area contributed by atoms with Gasteiger partial charge < -0.3 is 15.0 Å². The highest BCUT2D eigenvalue weighted by Gasteiger charge is 2.11. The average molecular weight is 287 g/mol. The summed E-state index contributed by atoms with van der Waals surface area (Å²) in [5, 5.41) is 3.32. The van der Waals surface area contributed by atoms with E-state index < -0.39 is 0 Å². The first-order valence-corrected chi connectivity index (χ1v) is 7.10. The van der Waals surface area contributed by atoms with E-state index in [1.54, 1.807) is 24.4 Å². The van der Waals surface area contributed by atoms with Crippen molar-refractivity contribution in [2.45, 2.75) is 6.61 Å². The highest BCUT2D eigenvalue weighted by molar-refractivity contribution is 5.48. The lowest BCUT2D eigenvalue weighted by Gasteiger charge is -2.29. The van der Waals surface area contributed by atoms with Crippen molar-refractivity contribution in [3.8, 4) is 5.75 Å². The number of hydrogen-bond acceptors (Lipinski definition) is 4. The maximum absolute atomic E-state index is 13.6. The van der Waals surface area contributed by atoms with Crippen LogP contribution in [0.3, 0.4) is 0 Å². The standard InChI is InChI=1S/C16H18FN3O/c17-16-4-2-1-3-13(16)12-21-15-9-14(10-19-11-15)20-7-5-18-6-8-20/h1-4,9-11,18H,5-8,12H2. The molecule has 0 radical (unpaired) electrons. The van der Waals surface area contributed by atoms with Gasteiger partial charge in [-0.2, -0.15) is 0 Å². The number of pyridine rings is 1. The van der Waals surface area contributed by atoms with Crippen molar-refractivity contribution in [2.24, 2.45) is 0 Å². The van der Waals surface area contributed by atoms with Crippen molar-refractivity contribution in [3.05, 3.63) is 54.1 Å². The van der Waals surface area contributed by atoms with E-state index in [0.717, 1.165) is 31.9 Å². The molecular formula is C16H18FN3O. The summed E-state index contributed by atoms with van der Waals surface area (Å²) in [7, 11) is 0. The number of anilines is 1. The number of halogens is 1. The van der Waals surface area contributed by atoms with Crippen LogP contribution in [0.1, 0.15) is 5.56 Å². The van der Waals surface area contributed by atoms with Gasteiger partial charge in [0.15, 0.2) is 0 Å². The second-order valence-corrected chi connectivity index (χ2v) is 5.00. The summed E-state index contributed by atoms with van der Waals surface area (Å²) in [6.45, 7) is 4.07. The van der Waals surface area contributed by atoms with Gasteiger partial charge in [-0.25, -0.2) is 4.39 Å². The van der Waals surface area contributed by atoms with Crippen LogP contribution in [-0.2, 0) is 6.61 Å². The topological polar surface area (TPSA) is 37.4 Å². The minimum atomic E-state index is -0.247. The number of nitrogens with zero attached hydrogens (tertiary/aromatic N) is 2. The Morgan fingerprint density at radius 3 is 2.81 bits per heavy atom. The average Bonchev–Trinajstić information content (AvgIpc) is 2.55. The number of nitrogens with one attached hydrogen (secondary N) is 1. The molecule has 21 heavy (non-hydrogen) atoms. The molecule has 110 valence electrons. The first-order valence-electron chi connectivity index (χ1n) is 7.10. The van der Waals surface area contributed by atoms with Crippen LogP contribution >= 0.6 is 0 Å². The van der Waals surface area contributed by atoms with E-state index in [-0.39, 0.29) is 12.4 Å². The van der Waals surface area contributed by atoms with Gasteiger partial charge in [-0.1, -0.05) is 18.2 Å². The first-order chi connectivity index (χ1) is 10.3. The Morgan fingerprint density at radius 2 is 2.00 bits per heavy atom. The van der Waals surface area contributed by atoms with Crippen LogP contribution in [0.2, 0.25) is 0 Å². The molecule has 0 saturated carbocycles. The van der Waals surface area contributed by atoms with Crippen LogP contribution in [0.4, 0.5) is 10.1 Å². The number of aromatic nitrogens is 1. The van der Waals surface area contributed by atoms with Crippen LogP contribution in [0.15, 0.2) is 42.7 Å². The molecule has 0 aliphatic carbocycles. The Kier molecular flexibility index (Phi) is 4.31. The fourth-order valence-electron chi connectivity index (χ4n) is 2.36. The monoisotopic (exact) mass is 287 g/mol. The van der Waals surface area contributed by atoms with Crippen molar-refractivity contribution in [1.29, 1.82) is 0 Å². The summed E-state index contributed by atoms with van der Waals surface area (Å²) < 4.78 is 19.2. The Bertz CT molecular complexity index is 600. The molecule has 1 aliphatic heterocycles. The van der Waals surface area contributed by atoms with Crippen LogP contribution in [0, 0.1) is 5.82 Å². The fourth-order valence-corrected chi connectivity index (χ4v) is 2.36. The molecule has 0 bridgehead atoms. The Labute approximate surface area is 123 Å². The smallest absolute Gasteiger partial charge is 0.140 e. The second-order valence-electron chi connectivity index (χ2n) is 5.00. The van der Waals surface area contributed by atoms with Crippen LogP contribution in [-0.4, -0.2) is 31.2 Å². The highest BCUT2D eigenvalue weighted by Crippen LogP contribution is 2.21. The zero-order valence-electron chi connectivity index (χ0n) is 11.8. The van der Waals surface area contributed by atoms with Gasteiger partial charge >= 0.3 is 0 Å². The molecule has 1 aliphatic rings. The van der Waals surface area contributed by atoms with Gasteiger partial charge in [-0.05, 0) is 6.07 Å². The second kappa shape index (κ2) is 6.54. The summed E-state index contributed by atoms with van der Waals surface area (Å²) in [6.07, 6.45) is 3.49. The molecule has 1 aromatic heterocycles. The molecule has 2 heterocycles. The predicted octanol–water partition coefficient (Wildman–Crippen LogP) is 2.21. The van der Waals surface area contributed by atoms with Gasteiger partial charge in [0.25, 0.3) is 0 Å². The minimum Gasteiger partial charge on any atom is -0.487 e. The van der Waals surface area contributed by atoms with E-state index in [4.69, 9.17) is 4.74 Å². The number of hydrogen-bond donors (Lipinski definition) is 1. The van der Waals surface area contributed by atoms with Crippen LogP contribution in [0.25, 0.3) is 0 Å². The molecule has 0 spiro atoms. The van der Waals surface area contributed by atoms with E-state index in [2.05, 4.69) is 15.2 Å². The van der Waals surface area contributed by atoms with Crippen molar-refractivity contribution in [1.82, 2.24) is 10.3 Å². The molecule has 5 heteroatoms. The largest absolute Gasteiger partial charge is 0.487 e. The van der Waals surface area contributed by atoms with Gasteiger partial charge in [0.05, 0.1) is 18.1 Å². The third-order valence-corrected chi connectivity index (χ3v) is 3.53. The van der Waals surface area contributed by atoms with Gasteiger partial charge in [0.2, 0.25) is 0 Å². The zero-order chi connectivity index (χ0) is 14.5. The Balaban J connectivity index is 1.67. The number of rotatable bonds is 4. The van der Waals surface area contributed by atoms with Crippen molar-refractivity contribution < 1.29 is 9.13 Å². The minimum absolute atomic E-state index is 0.208. The number of piperazine rings is 1. The molecular weight excluding hydrogens is 269 g/mol. The molecule has 2 aromatic rings. The maximum atomic E-state index is 13.6. The van der Waals surface area contributed by atoms with E-state index >= 15 is 0 Å². The Morgan fingerprint density at radius 1 is 1.19 bits per heavy atom. The molecule has 0 amide bonds. The molecule has 4 nitrogen and oxygen atoms in total. The molecule has 1 saturated heterocycles. The first kappa shape index (κ1) is 13.8. The third-order valence-electron chi connectivity index (χ3n) is 3.53. The molecule has 3 rings (SSSR count). The lowest BCUT2D eigenvalue weighted by atomic mass is 10.2. The normalized spacial score (nSPS) is 15.0. The lowest BCUT2D eigenvalue weighted by molar-refractivity contribution is 0.298. The summed E-state index contributed by atoms with van der Waals surface area (Å²) >= 11 is 0. The van der Waals surface area contributed by atoms with Crippen molar-refractivity contribution >= 4 is 5.69 Å². The molecule has 1 fully saturated rings. The van der Waals surface area contributed by atoms with Crippen molar-refractivity contribution in [2.75, 3.05) is 31.1 Å². The van der Waals surface area contributed by atoms with Gasteiger partial charge in [-0.3, -0.25) is 4.98 Å². The third kappa shape index (κ3) is 3.49. The number of benzene rings is 1. The fraction of sp³-hybridized carbons (Fsp3) is 0.312. The predicted molar refractivity (Wildman–Crippen MR) is 80.1 cm³/mol. The summed E-state index contributed by atoms with van der Waals surface area (Å²) in [6, 6.07) is 8.60. The molecule has 0 unspecified atom stereocenters. The highest BCUT2D eigenvalue weighted by atomic mass is 19.1. The molecule has 1 N–H and O–H groups in total. The van der Waals surface area contributed by atoms with E-state index in [1.165, 1.54) is 6.07 Å². The number of ether oxygens (including phenoxy) is 1. The van der Waals surface area contributed by atoms with E-state index in [1.807, 2.05) is 12.3 Å². The van der Waals surface area contributed by atoms with Crippen LogP contribution in [0.5, 0.6) is 5.75 Å². The van der Waals surface area contributed by atoms with Gasteiger partial charge in [-0.15, -0.1) is 0 Å². The van der Waals surface area contributed by atoms with Gasteiger partial charge in [0, 0.05) is 37.8 Å². The quantitative estimate of drug-likeness (QED) is 0.935. The lowest BCUT2D eigenvalue weighted by Crippen LogP contribution is -2.43. The van der Waals surface area contributed by atoms with Crippen molar-refractivity contribution in [3.63, 3.8) is 0 Å².